The Bertz CT molecular complexity index is 909. The third-order valence-electron chi connectivity index (χ3n) is 6.10. The van der Waals surface area contributed by atoms with Gasteiger partial charge in [0.1, 0.15) is 17.4 Å². The van der Waals surface area contributed by atoms with Crippen LogP contribution in [-0.4, -0.2) is 55.6 Å². The quantitative estimate of drug-likeness (QED) is 0.550. The van der Waals surface area contributed by atoms with Crippen LogP contribution in [0.2, 0.25) is 0 Å². The summed E-state index contributed by atoms with van der Waals surface area (Å²) in [5.41, 5.74) is -0.322. The summed E-state index contributed by atoms with van der Waals surface area (Å²) < 4.78 is 37.3. The normalized spacial score (nSPS) is 21.5. The molecule has 0 heterocycles. The fourth-order valence-corrected chi connectivity index (χ4v) is 5.69. The molecule has 1 aromatic carbocycles. The highest BCUT2D eigenvalue weighted by molar-refractivity contribution is 7.89. The number of rotatable bonds is 9. The van der Waals surface area contributed by atoms with Crippen LogP contribution >= 0.6 is 0 Å². The minimum atomic E-state index is -3.82. The molecule has 1 saturated carbocycles. The molecule has 1 N–H and O–H groups in total. The maximum absolute atomic E-state index is 12.7. The molecule has 0 bridgehead atoms. The lowest BCUT2D eigenvalue weighted by Crippen LogP contribution is -2.36. The Balaban J connectivity index is 2.07. The van der Waals surface area contributed by atoms with Crippen molar-refractivity contribution in [3.8, 4) is 5.75 Å². The van der Waals surface area contributed by atoms with Crippen LogP contribution in [0.3, 0.4) is 0 Å². The van der Waals surface area contributed by atoms with Gasteiger partial charge in [0.15, 0.2) is 6.61 Å². The van der Waals surface area contributed by atoms with E-state index in [-0.39, 0.29) is 35.6 Å². The largest absolute Gasteiger partial charge is 0.507 e. The summed E-state index contributed by atoms with van der Waals surface area (Å²) in [6.07, 6.45) is 2.63. The van der Waals surface area contributed by atoms with Crippen molar-refractivity contribution < 1.29 is 32.6 Å². The van der Waals surface area contributed by atoms with Gasteiger partial charge in [-0.2, -0.15) is 4.31 Å². The van der Waals surface area contributed by atoms with Gasteiger partial charge in [-0.25, -0.2) is 18.0 Å². The monoisotopic (exact) mass is 469 g/mol. The molecule has 0 aromatic heterocycles. The maximum atomic E-state index is 12.7. The van der Waals surface area contributed by atoms with E-state index >= 15 is 0 Å². The number of phenols is 1. The molecular formula is C23H35NO7S. The molecule has 1 aromatic rings. The first kappa shape index (κ1) is 26.1. The summed E-state index contributed by atoms with van der Waals surface area (Å²) in [7, 11) is -3.82. The maximum Gasteiger partial charge on any atom is 0.344 e. The topological polar surface area (TPSA) is 110 Å². The van der Waals surface area contributed by atoms with Gasteiger partial charge in [-0.1, -0.05) is 41.0 Å². The van der Waals surface area contributed by atoms with Crippen molar-refractivity contribution in [2.45, 2.75) is 64.9 Å². The summed E-state index contributed by atoms with van der Waals surface area (Å²) in [5, 5.41) is 10.0. The van der Waals surface area contributed by atoms with E-state index in [9.17, 15) is 23.1 Å². The van der Waals surface area contributed by atoms with Gasteiger partial charge >= 0.3 is 11.9 Å². The van der Waals surface area contributed by atoms with Crippen molar-refractivity contribution in [3.63, 3.8) is 0 Å². The van der Waals surface area contributed by atoms with Crippen molar-refractivity contribution in [1.29, 1.82) is 0 Å². The van der Waals surface area contributed by atoms with E-state index in [1.165, 1.54) is 10.4 Å². The molecule has 9 heteroatoms. The lowest BCUT2D eigenvalue weighted by molar-refractivity contribution is -0.159. The Labute approximate surface area is 190 Å². The molecule has 180 valence electrons. The number of hydrogen-bond donors (Lipinski definition) is 1. The lowest BCUT2D eigenvalue weighted by atomic mass is 9.75. The standard InChI is InChI=1S/C23H35NO7S/c1-6-24(7-2)32(28,29)17-9-11-20(25)19(13-17)23(27)30-14-22(26)31-21-12-16(5)8-10-18(21)15(3)4/h9,11,13,15-16,18,21,25H,6-8,10,12,14H2,1-5H3/t16-,18-,21-/m1/s1. The first-order chi connectivity index (χ1) is 15.0. The Morgan fingerprint density at radius 2 is 1.84 bits per heavy atom. The minimum absolute atomic E-state index is 0.135. The minimum Gasteiger partial charge on any atom is -0.507 e. The van der Waals surface area contributed by atoms with Gasteiger partial charge in [0, 0.05) is 13.1 Å². The predicted octanol–water partition coefficient (Wildman–Crippen LogP) is 3.58. The Kier molecular flexibility index (Phi) is 9.09. The van der Waals surface area contributed by atoms with E-state index in [1.54, 1.807) is 13.8 Å². The van der Waals surface area contributed by atoms with Crippen molar-refractivity contribution in [2.24, 2.45) is 17.8 Å². The van der Waals surface area contributed by atoms with Crippen molar-refractivity contribution in [1.82, 2.24) is 4.31 Å². The molecule has 3 atom stereocenters. The molecule has 1 aliphatic rings. The van der Waals surface area contributed by atoms with E-state index in [0.717, 1.165) is 31.4 Å². The van der Waals surface area contributed by atoms with Crippen LogP contribution in [0, 0.1) is 17.8 Å². The zero-order chi connectivity index (χ0) is 24.1. The van der Waals surface area contributed by atoms with E-state index in [4.69, 9.17) is 9.47 Å². The third kappa shape index (κ3) is 6.22. The average molecular weight is 470 g/mol. The van der Waals surface area contributed by atoms with Gasteiger partial charge in [0.2, 0.25) is 10.0 Å². The summed E-state index contributed by atoms with van der Waals surface area (Å²) in [5.74, 6) is -0.990. The van der Waals surface area contributed by atoms with E-state index < -0.39 is 34.3 Å². The van der Waals surface area contributed by atoms with Crippen LogP contribution in [0.1, 0.15) is 64.2 Å². The number of esters is 2. The fraction of sp³-hybridized carbons (Fsp3) is 0.652. The first-order valence-corrected chi connectivity index (χ1v) is 12.6. The second-order valence-electron chi connectivity index (χ2n) is 8.70. The summed E-state index contributed by atoms with van der Waals surface area (Å²) in [4.78, 5) is 24.7. The molecule has 2 rings (SSSR count). The molecule has 1 aliphatic carbocycles. The number of nitrogens with zero attached hydrogens (tertiary/aromatic N) is 1. The molecule has 0 unspecified atom stereocenters. The zero-order valence-electron chi connectivity index (χ0n) is 19.5. The van der Waals surface area contributed by atoms with Gasteiger partial charge in [-0.3, -0.25) is 0 Å². The Morgan fingerprint density at radius 3 is 2.44 bits per heavy atom. The third-order valence-corrected chi connectivity index (χ3v) is 8.14. The Hall–Kier alpha value is -2.13. The SMILES string of the molecule is CCN(CC)S(=O)(=O)c1ccc(O)c(C(=O)OCC(=O)O[C@@H]2C[C@H](C)CC[C@@H]2C(C)C)c1. The molecule has 0 aliphatic heterocycles. The summed E-state index contributed by atoms with van der Waals surface area (Å²) in [6, 6.07) is 3.42. The second-order valence-corrected chi connectivity index (χ2v) is 10.6. The van der Waals surface area contributed by atoms with Gasteiger partial charge in [0.05, 0.1) is 4.90 Å². The predicted molar refractivity (Wildman–Crippen MR) is 120 cm³/mol. The molecule has 0 radical (unpaired) electrons. The number of hydrogen-bond acceptors (Lipinski definition) is 7. The van der Waals surface area contributed by atoms with Crippen LogP contribution in [0.15, 0.2) is 23.1 Å². The lowest BCUT2D eigenvalue weighted by Gasteiger charge is -2.36. The van der Waals surface area contributed by atoms with Crippen LogP contribution in [0.4, 0.5) is 0 Å². The van der Waals surface area contributed by atoms with E-state index in [2.05, 4.69) is 20.8 Å². The molecule has 0 amide bonds. The van der Waals surface area contributed by atoms with Crippen molar-refractivity contribution >= 4 is 22.0 Å². The highest BCUT2D eigenvalue weighted by atomic mass is 32.2. The molecule has 1 fully saturated rings. The zero-order valence-corrected chi connectivity index (χ0v) is 20.4. The van der Waals surface area contributed by atoms with E-state index in [1.807, 2.05) is 0 Å². The highest BCUT2D eigenvalue weighted by Gasteiger charge is 2.33. The van der Waals surface area contributed by atoms with Crippen LogP contribution < -0.4 is 0 Å². The molecular weight excluding hydrogens is 434 g/mol. The molecule has 8 nitrogen and oxygen atoms in total. The van der Waals surface area contributed by atoms with Crippen LogP contribution in [0.5, 0.6) is 5.75 Å². The number of benzene rings is 1. The molecule has 0 spiro atoms. The fourth-order valence-electron chi connectivity index (χ4n) is 4.21. The van der Waals surface area contributed by atoms with E-state index in [0.29, 0.717) is 11.8 Å². The molecule has 32 heavy (non-hydrogen) atoms. The number of aromatic hydroxyl groups is 1. The Morgan fingerprint density at radius 1 is 1.19 bits per heavy atom. The number of carbonyl (C=O) groups is 2. The number of carbonyl (C=O) groups excluding carboxylic acids is 2. The molecule has 0 saturated heterocycles. The average Bonchev–Trinajstić information content (AvgIpc) is 2.72. The van der Waals surface area contributed by atoms with Gasteiger partial charge < -0.3 is 14.6 Å². The summed E-state index contributed by atoms with van der Waals surface area (Å²) >= 11 is 0. The van der Waals surface area contributed by atoms with Crippen molar-refractivity contribution in [3.05, 3.63) is 23.8 Å². The first-order valence-electron chi connectivity index (χ1n) is 11.2. The number of phenolic OH excluding ortho intramolecular Hbond substituents is 1. The smallest absolute Gasteiger partial charge is 0.344 e. The number of ether oxygens (including phenoxy) is 2. The van der Waals surface area contributed by atoms with Crippen LogP contribution in [0.25, 0.3) is 0 Å². The van der Waals surface area contributed by atoms with Gasteiger partial charge in [0.25, 0.3) is 0 Å². The van der Waals surface area contributed by atoms with Crippen LogP contribution in [-0.2, 0) is 24.3 Å². The number of sulfonamides is 1. The second kappa shape index (κ2) is 11.1. The van der Waals surface area contributed by atoms with Crippen molar-refractivity contribution in [2.75, 3.05) is 19.7 Å². The van der Waals surface area contributed by atoms with Gasteiger partial charge in [-0.15, -0.1) is 0 Å². The highest BCUT2D eigenvalue weighted by Crippen LogP contribution is 2.35. The van der Waals surface area contributed by atoms with Gasteiger partial charge in [-0.05, 0) is 48.8 Å². The summed E-state index contributed by atoms with van der Waals surface area (Å²) in [6.45, 7) is 9.66.